The molecule has 1 fully saturated rings. The van der Waals surface area contributed by atoms with Gasteiger partial charge in [0.2, 0.25) is 0 Å². The Morgan fingerprint density at radius 2 is 1.70 bits per heavy atom. The van der Waals surface area contributed by atoms with Gasteiger partial charge in [0.15, 0.2) is 0 Å². The molecular formula is C29H39N3O. The zero-order valence-electron chi connectivity index (χ0n) is 20.0. The second kappa shape index (κ2) is 13.4. The number of hydrogen-bond donors (Lipinski definition) is 1. The zero-order chi connectivity index (χ0) is 23.3. The quantitative estimate of drug-likeness (QED) is 0.606. The number of amides is 1. The van der Waals surface area contributed by atoms with Crippen molar-refractivity contribution in [1.82, 2.24) is 10.2 Å². The molecule has 0 unspecified atom stereocenters. The molecule has 0 saturated carbocycles. The van der Waals surface area contributed by atoms with Gasteiger partial charge >= 0.3 is 0 Å². The van der Waals surface area contributed by atoms with Crippen LogP contribution >= 0.6 is 0 Å². The molecule has 2 aliphatic rings. The third-order valence-electron chi connectivity index (χ3n) is 5.82. The number of hydrogen-bond acceptors (Lipinski definition) is 3. The largest absolute Gasteiger partial charge is 0.369 e. The number of carbonyl (C=O) groups excluding carboxylic acids is 1. The maximum absolute atomic E-state index is 12.3. The summed E-state index contributed by atoms with van der Waals surface area (Å²) in [5.41, 5.74) is 4.44. The Hall–Kier alpha value is -3.11. The molecule has 1 amide bonds. The van der Waals surface area contributed by atoms with Gasteiger partial charge in [-0.1, -0.05) is 74.6 Å². The highest BCUT2D eigenvalue weighted by molar-refractivity contribution is 5.94. The van der Waals surface area contributed by atoms with Gasteiger partial charge in [0.25, 0.3) is 5.91 Å². The second-order valence-corrected chi connectivity index (χ2v) is 8.13. The van der Waals surface area contributed by atoms with Crippen molar-refractivity contribution >= 4 is 11.6 Å². The minimum atomic E-state index is -0.0352. The Kier molecular flexibility index (Phi) is 9.99. The number of anilines is 1. The maximum atomic E-state index is 12.3. The van der Waals surface area contributed by atoms with E-state index >= 15 is 0 Å². The molecule has 1 saturated heterocycles. The molecule has 4 rings (SSSR count). The van der Waals surface area contributed by atoms with Crippen LogP contribution in [0.4, 0.5) is 5.69 Å². The topological polar surface area (TPSA) is 35.6 Å². The molecule has 2 aromatic rings. The van der Waals surface area contributed by atoms with Crippen molar-refractivity contribution in [1.29, 1.82) is 0 Å². The van der Waals surface area contributed by atoms with E-state index in [-0.39, 0.29) is 7.33 Å². The van der Waals surface area contributed by atoms with Gasteiger partial charge in [-0.2, -0.15) is 0 Å². The van der Waals surface area contributed by atoms with Gasteiger partial charge in [0.05, 0.1) is 0 Å². The summed E-state index contributed by atoms with van der Waals surface area (Å²) < 4.78 is 0. The molecule has 1 aliphatic heterocycles. The van der Waals surface area contributed by atoms with Crippen LogP contribution in [0, 0.1) is 0 Å². The maximum Gasteiger partial charge on any atom is 0.251 e. The predicted molar refractivity (Wildman–Crippen MR) is 142 cm³/mol. The molecule has 33 heavy (non-hydrogen) atoms. The van der Waals surface area contributed by atoms with Gasteiger partial charge in [0, 0.05) is 51.9 Å². The van der Waals surface area contributed by atoms with E-state index in [1.54, 1.807) is 0 Å². The first-order valence-electron chi connectivity index (χ1n) is 12.2. The van der Waals surface area contributed by atoms with Crippen molar-refractivity contribution in [2.45, 2.75) is 33.2 Å². The molecule has 0 atom stereocenters. The lowest BCUT2D eigenvalue weighted by Gasteiger charge is -2.36. The molecule has 1 N–H and O–H groups in total. The number of nitrogens with one attached hydrogen (secondary N) is 1. The fourth-order valence-electron chi connectivity index (χ4n) is 4.04. The molecule has 0 radical (unpaired) electrons. The summed E-state index contributed by atoms with van der Waals surface area (Å²) in [4.78, 5) is 17.3. The van der Waals surface area contributed by atoms with Crippen molar-refractivity contribution < 1.29 is 6.22 Å². The first-order chi connectivity index (χ1) is 16.3. The van der Waals surface area contributed by atoms with Gasteiger partial charge in [-0.25, -0.2) is 0 Å². The van der Waals surface area contributed by atoms with Crippen LogP contribution in [-0.4, -0.2) is 43.5 Å². The van der Waals surface area contributed by atoms with Gasteiger partial charge in [-0.15, -0.1) is 0 Å². The van der Waals surface area contributed by atoms with E-state index < -0.39 is 0 Å². The third-order valence-corrected chi connectivity index (χ3v) is 5.82. The standard InChI is InChI=1S/C27H31N3O.C2H6.H2/c31-27(25-13-7-4-8-14-25)28-21-24-12-9-15-26(20-24)30-18-16-29(17-19-30)22-23-10-5-2-1-3-6-11-23;1-2;/h2,4-15,20H,1,3,16-19,21-22H2,(H,28,31);1-2H3;1H/b5-2-,11-6-,23-10+;;. The number of rotatable bonds is 6. The highest BCUT2D eigenvalue weighted by atomic mass is 16.1. The Labute approximate surface area is 200 Å². The molecule has 0 aromatic heterocycles. The van der Waals surface area contributed by atoms with E-state index in [4.69, 9.17) is 0 Å². The van der Waals surface area contributed by atoms with Crippen molar-refractivity contribution in [3.63, 3.8) is 0 Å². The van der Waals surface area contributed by atoms with E-state index in [0.29, 0.717) is 12.1 Å². The Bertz CT molecular complexity index is 960. The Morgan fingerprint density at radius 3 is 2.48 bits per heavy atom. The van der Waals surface area contributed by atoms with Crippen LogP contribution in [0.3, 0.4) is 0 Å². The van der Waals surface area contributed by atoms with Crippen LogP contribution < -0.4 is 10.2 Å². The molecular weight excluding hydrogens is 406 g/mol. The van der Waals surface area contributed by atoms with Gasteiger partial charge in [-0.05, 0) is 48.2 Å². The van der Waals surface area contributed by atoms with Crippen LogP contribution in [0.25, 0.3) is 0 Å². The second-order valence-electron chi connectivity index (χ2n) is 8.13. The van der Waals surface area contributed by atoms with Crippen molar-refractivity contribution in [2.75, 3.05) is 37.6 Å². The number of allylic oxidation sites excluding steroid dienone is 4. The van der Waals surface area contributed by atoms with E-state index in [2.05, 4.69) is 69.8 Å². The van der Waals surface area contributed by atoms with Crippen LogP contribution in [0.1, 0.15) is 44.0 Å². The monoisotopic (exact) mass is 445 g/mol. The molecule has 1 aliphatic carbocycles. The van der Waals surface area contributed by atoms with Crippen LogP contribution in [0.2, 0.25) is 0 Å². The SMILES string of the molecule is CC.O=C(NCc1cccc(N2CCN(CC3=C/C=C\CC/C=C\3)CC2)c1)c1ccccc1.[HH]. The summed E-state index contributed by atoms with van der Waals surface area (Å²) in [6.45, 7) is 9.71. The number of carbonyl (C=O) groups is 1. The lowest BCUT2D eigenvalue weighted by atomic mass is 10.1. The van der Waals surface area contributed by atoms with Gasteiger partial charge in [0.1, 0.15) is 0 Å². The first kappa shape index (κ1) is 24.5. The zero-order valence-corrected chi connectivity index (χ0v) is 20.0. The molecule has 1 heterocycles. The fraction of sp³-hybridized carbons (Fsp3) is 0.345. The lowest BCUT2D eigenvalue weighted by Crippen LogP contribution is -2.46. The summed E-state index contributed by atoms with van der Waals surface area (Å²) in [6.07, 6.45) is 13.5. The Morgan fingerprint density at radius 1 is 0.939 bits per heavy atom. The van der Waals surface area contributed by atoms with E-state index in [1.807, 2.05) is 44.2 Å². The van der Waals surface area contributed by atoms with Crippen LogP contribution in [0.5, 0.6) is 0 Å². The van der Waals surface area contributed by atoms with Crippen LogP contribution in [-0.2, 0) is 6.54 Å². The number of nitrogens with zero attached hydrogens (tertiary/aromatic N) is 2. The van der Waals surface area contributed by atoms with Gasteiger partial charge < -0.3 is 10.2 Å². The third kappa shape index (κ3) is 7.76. The highest BCUT2D eigenvalue weighted by Crippen LogP contribution is 2.19. The molecule has 2 aromatic carbocycles. The molecule has 176 valence electrons. The number of piperazine rings is 1. The first-order valence-corrected chi connectivity index (χ1v) is 12.2. The van der Waals surface area contributed by atoms with Crippen LogP contribution in [0.15, 0.2) is 90.6 Å². The van der Waals surface area contributed by atoms with E-state index in [9.17, 15) is 4.79 Å². The summed E-state index contributed by atoms with van der Waals surface area (Å²) in [7, 11) is 0. The minimum absolute atomic E-state index is 0. The molecule has 0 spiro atoms. The lowest BCUT2D eigenvalue weighted by molar-refractivity contribution is 0.0951. The van der Waals surface area contributed by atoms with Crippen molar-refractivity contribution in [2.24, 2.45) is 0 Å². The summed E-state index contributed by atoms with van der Waals surface area (Å²) >= 11 is 0. The smallest absolute Gasteiger partial charge is 0.251 e. The normalized spacial score (nSPS) is 19.7. The molecule has 4 nitrogen and oxygen atoms in total. The Balaban J connectivity index is 0.00000133. The molecule has 4 heteroatoms. The van der Waals surface area contributed by atoms with E-state index in [1.165, 1.54) is 11.3 Å². The van der Waals surface area contributed by atoms with E-state index in [0.717, 1.165) is 51.1 Å². The van der Waals surface area contributed by atoms with Gasteiger partial charge in [-0.3, -0.25) is 9.69 Å². The van der Waals surface area contributed by atoms with Crippen molar-refractivity contribution in [3.8, 4) is 0 Å². The fourth-order valence-corrected chi connectivity index (χ4v) is 4.04. The average Bonchev–Trinajstić information content (AvgIpc) is 2.86. The summed E-state index contributed by atoms with van der Waals surface area (Å²) in [5.74, 6) is -0.0352. The molecule has 0 bridgehead atoms. The highest BCUT2D eigenvalue weighted by Gasteiger charge is 2.18. The summed E-state index contributed by atoms with van der Waals surface area (Å²) in [5, 5.41) is 3.02. The van der Waals surface area contributed by atoms with Crippen molar-refractivity contribution in [3.05, 3.63) is 102 Å². The number of benzene rings is 2. The predicted octanol–water partition coefficient (Wildman–Crippen LogP) is 5.84. The average molecular weight is 446 g/mol. The minimum Gasteiger partial charge on any atom is -0.369 e. The summed E-state index contributed by atoms with van der Waals surface area (Å²) in [6, 6.07) is 17.9.